The van der Waals surface area contributed by atoms with Crippen LogP contribution in [0.15, 0.2) is 72.8 Å². The molecule has 0 aromatic heterocycles. The fourth-order valence-electron chi connectivity index (χ4n) is 4.58. The molecule has 0 saturated carbocycles. The summed E-state index contributed by atoms with van der Waals surface area (Å²) in [5.74, 6) is -0.510. The van der Waals surface area contributed by atoms with Gasteiger partial charge in [0.15, 0.2) is 0 Å². The largest absolute Gasteiger partial charge is 0.354 e. The molecule has 1 atom stereocenters. The second kappa shape index (κ2) is 15.2. The maximum Gasteiger partial charge on any atom is 0.243 e. The minimum Gasteiger partial charge on any atom is -0.354 e. The smallest absolute Gasteiger partial charge is 0.243 e. The van der Waals surface area contributed by atoms with Gasteiger partial charge in [0.2, 0.25) is 21.8 Å². The zero-order valence-electron chi connectivity index (χ0n) is 23.6. The second-order valence-corrected chi connectivity index (χ2v) is 12.7. The first-order valence-corrected chi connectivity index (χ1v) is 16.2. The highest BCUT2D eigenvalue weighted by Gasteiger charge is 2.30. The summed E-state index contributed by atoms with van der Waals surface area (Å²) in [7, 11) is -3.58. The highest BCUT2D eigenvalue weighted by atomic mass is 35.5. The van der Waals surface area contributed by atoms with Crippen molar-refractivity contribution < 1.29 is 18.0 Å². The van der Waals surface area contributed by atoms with Crippen LogP contribution in [0.5, 0.6) is 0 Å². The number of sulfonamides is 1. The van der Waals surface area contributed by atoms with E-state index in [0.29, 0.717) is 28.7 Å². The van der Waals surface area contributed by atoms with Gasteiger partial charge < -0.3 is 10.2 Å². The zero-order chi connectivity index (χ0) is 30.0. The number of aryl methyl sites for hydroxylation is 1. The first-order chi connectivity index (χ1) is 19.5. The molecule has 0 heterocycles. The lowest BCUT2D eigenvalue weighted by molar-refractivity contribution is -0.141. The van der Waals surface area contributed by atoms with Crippen molar-refractivity contribution in [2.75, 3.05) is 23.7 Å². The van der Waals surface area contributed by atoms with Gasteiger partial charge in [0.1, 0.15) is 6.04 Å². The third kappa shape index (κ3) is 9.48. The number of hydrogen-bond acceptors (Lipinski definition) is 4. The third-order valence-corrected chi connectivity index (χ3v) is 8.61. The van der Waals surface area contributed by atoms with E-state index in [2.05, 4.69) is 5.32 Å². The minimum absolute atomic E-state index is 0.0472. The fourth-order valence-corrected chi connectivity index (χ4v) is 5.92. The highest BCUT2D eigenvalue weighted by molar-refractivity contribution is 7.92. The first kappa shape index (κ1) is 32.4. The highest BCUT2D eigenvalue weighted by Crippen LogP contribution is 2.26. The maximum absolute atomic E-state index is 13.9. The molecule has 1 N–H and O–H groups in total. The summed E-state index contributed by atoms with van der Waals surface area (Å²) in [6, 6.07) is 21.1. The Kier molecular flexibility index (Phi) is 12.1. The predicted octanol–water partition coefficient (Wildman–Crippen LogP) is 6.01. The summed E-state index contributed by atoms with van der Waals surface area (Å²) in [4.78, 5) is 28.9. The number of carbonyl (C=O) groups excluding carboxylic acids is 2. The van der Waals surface area contributed by atoms with Crippen molar-refractivity contribution in [3.05, 3.63) is 99.5 Å². The van der Waals surface area contributed by atoms with Crippen LogP contribution in [0.25, 0.3) is 0 Å². The normalized spacial score (nSPS) is 12.0. The van der Waals surface area contributed by atoms with Crippen LogP contribution in [-0.4, -0.2) is 50.5 Å². The quantitative estimate of drug-likeness (QED) is 0.240. The summed E-state index contributed by atoms with van der Waals surface area (Å²) >= 11 is 12.4. The van der Waals surface area contributed by atoms with Crippen molar-refractivity contribution in [1.82, 2.24) is 10.2 Å². The van der Waals surface area contributed by atoms with Crippen LogP contribution in [0.2, 0.25) is 10.0 Å². The summed E-state index contributed by atoms with van der Waals surface area (Å²) in [6.45, 7) is 4.56. The van der Waals surface area contributed by atoms with Gasteiger partial charge in [0.05, 0.1) is 22.0 Å². The van der Waals surface area contributed by atoms with Gasteiger partial charge in [-0.25, -0.2) is 8.42 Å². The average Bonchev–Trinajstić information content (AvgIpc) is 2.94. The van der Waals surface area contributed by atoms with Crippen LogP contribution in [0, 0.1) is 6.92 Å². The van der Waals surface area contributed by atoms with Gasteiger partial charge in [-0.15, -0.1) is 0 Å². The van der Waals surface area contributed by atoms with E-state index in [1.807, 2.05) is 56.3 Å². The third-order valence-electron chi connectivity index (χ3n) is 6.69. The van der Waals surface area contributed by atoms with Crippen LogP contribution < -0.4 is 9.62 Å². The molecule has 220 valence electrons. The Labute approximate surface area is 253 Å². The molecule has 0 spiro atoms. The number of nitrogens with one attached hydrogen (secondary N) is 1. The van der Waals surface area contributed by atoms with Crippen molar-refractivity contribution >= 4 is 50.7 Å². The Morgan fingerprint density at radius 1 is 0.927 bits per heavy atom. The molecule has 10 heteroatoms. The number of para-hydroxylation sites is 1. The number of benzene rings is 3. The molecule has 3 rings (SSSR count). The summed E-state index contributed by atoms with van der Waals surface area (Å²) in [5, 5.41) is 3.70. The van der Waals surface area contributed by atoms with Gasteiger partial charge in [0.25, 0.3) is 0 Å². The monoisotopic (exact) mass is 617 g/mol. The molecule has 0 bridgehead atoms. The number of carbonyl (C=O) groups is 2. The Morgan fingerprint density at radius 3 is 2.24 bits per heavy atom. The molecule has 0 aliphatic carbocycles. The Morgan fingerprint density at radius 2 is 1.61 bits per heavy atom. The minimum atomic E-state index is -3.58. The van der Waals surface area contributed by atoms with E-state index in [-0.39, 0.29) is 37.7 Å². The first-order valence-electron chi connectivity index (χ1n) is 13.6. The molecule has 2 amide bonds. The van der Waals surface area contributed by atoms with E-state index in [1.54, 1.807) is 35.2 Å². The number of nitrogens with zero attached hydrogens (tertiary/aromatic N) is 2. The van der Waals surface area contributed by atoms with Gasteiger partial charge in [-0.3, -0.25) is 13.9 Å². The van der Waals surface area contributed by atoms with Crippen molar-refractivity contribution in [1.29, 1.82) is 0 Å². The van der Waals surface area contributed by atoms with Gasteiger partial charge in [0, 0.05) is 32.5 Å². The van der Waals surface area contributed by atoms with E-state index in [1.165, 1.54) is 4.31 Å². The maximum atomic E-state index is 13.9. The molecule has 0 aliphatic rings. The lowest BCUT2D eigenvalue weighted by Gasteiger charge is -2.32. The average molecular weight is 619 g/mol. The Hall–Kier alpha value is -3.07. The number of amides is 2. The molecule has 0 radical (unpaired) electrons. The topological polar surface area (TPSA) is 86.8 Å². The lowest BCUT2D eigenvalue weighted by Crippen LogP contribution is -2.50. The molecule has 41 heavy (non-hydrogen) atoms. The van der Waals surface area contributed by atoms with Crippen LogP contribution in [0.1, 0.15) is 42.9 Å². The fraction of sp³-hybridized carbons (Fsp3) is 0.355. The van der Waals surface area contributed by atoms with Gasteiger partial charge in [-0.1, -0.05) is 84.7 Å². The SMILES string of the molecule is CCCNC(=O)[C@@H](Cc1ccccc1)N(Cc1ccc(Cl)c(Cl)c1)C(=O)CCCN(c1ccccc1C)S(C)(=O)=O. The number of anilines is 1. The van der Waals surface area contributed by atoms with Crippen molar-refractivity contribution in [2.45, 2.75) is 52.1 Å². The van der Waals surface area contributed by atoms with E-state index in [4.69, 9.17) is 23.2 Å². The number of rotatable bonds is 14. The lowest BCUT2D eigenvalue weighted by atomic mass is 10.0. The van der Waals surface area contributed by atoms with Crippen molar-refractivity contribution in [3.8, 4) is 0 Å². The van der Waals surface area contributed by atoms with E-state index in [0.717, 1.165) is 29.4 Å². The summed E-state index contributed by atoms with van der Waals surface area (Å²) < 4.78 is 26.6. The second-order valence-electron chi connectivity index (χ2n) is 9.99. The van der Waals surface area contributed by atoms with Crippen LogP contribution in [-0.2, 0) is 32.6 Å². The van der Waals surface area contributed by atoms with Gasteiger partial charge >= 0.3 is 0 Å². The standard InChI is InChI=1S/C31H37Cl2N3O4S/c1-4-18-34-31(38)29(21-24-12-6-5-7-13-24)35(22-25-16-17-26(32)27(33)20-25)30(37)15-10-19-36(41(3,39)40)28-14-9-8-11-23(28)2/h5-9,11-14,16-17,20,29H,4,10,15,18-19,21-22H2,1-3H3,(H,34,38)/t29-/m1/s1. The Bertz CT molecular complexity index is 1430. The van der Waals surface area contributed by atoms with Gasteiger partial charge in [-0.05, 0) is 54.7 Å². The zero-order valence-corrected chi connectivity index (χ0v) is 26.0. The molecule has 0 unspecified atom stereocenters. The molecule has 0 aliphatic heterocycles. The Balaban J connectivity index is 1.90. The van der Waals surface area contributed by atoms with Crippen molar-refractivity contribution in [3.63, 3.8) is 0 Å². The molecule has 3 aromatic carbocycles. The molecular weight excluding hydrogens is 581 g/mol. The molecular formula is C31H37Cl2N3O4S. The summed E-state index contributed by atoms with van der Waals surface area (Å²) in [5.41, 5.74) is 3.04. The number of halogens is 2. The predicted molar refractivity (Wildman–Crippen MR) is 167 cm³/mol. The van der Waals surface area contributed by atoms with Crippen LogP contribution in [0.4, 0.5) is 5.69 Å². The van der Waals surface area contributed by atoms with E-state index < -0.39 is 16.1 Å². The summed E-state index contributed by atoms with van der Waals surface area (Å²) in [6.07, 6.45) is 2.55. The van der Waals surface area contributed by atoms with E-state index in [9.17, 15) is 18.0 Å². The molecule has 0 saturated heterocycles. The van der Waals surface area contributed by atoms with Gasteiger partial charge in [-0.2, -0.15) is 0 Å². The molecule has 7 nitrogen and oxygen atoms in total. The van der Waals surface area contributed by atoms with Crippen LogP contribution >= 0.6 is 23.2 Å². The van der Waals surface area contributed by atoms with Crippen LogP contribution in [0.3, 0.4) is 0 Å². The number of hydrogen-bond donors (Lipinski definition) is 1. The molecule has 0 fully saturated rings. The van der Waals surface area contributed by atoms with Crippen molar-refractivity contribution in [2.24, 2.45) is 0 Å². The van der Waals surface area contributed by atoms with E-state index >= 15 is 0 Å². The molecule has 3 aromatic rings.